The van der Waals surface area contributed by atoms with Crippen LogP contribution in [0.15, 0.2) is 85.1 Å². The number of amides is 1. The third-order valence-corrected chi connectivity index (χ3v) is 4.73. The minimum atomic E-state index is -0.707. The fourth-order valence-electron chi connectivity index (χ4n) is 3.19. The number of para-hydroxylation sites is 1. The number of phenols is 1. The van der Waals surface area contributed by atoms with Crippen molar-refractivity contribution in [2.45, 2.75) is 6.54 Å². The monoisotopic (exact) mass is 414 g/mol. The number of nitro benzene ring substituents is 1. The topological polar surface area (TPSA) is 110 Å². The van der Waals surface area contributed by atoms with E-state index in [0.717, 1.165) is 34.6 Å². The molecule has 0 unspecified atom stereocenters. The molecule has 1 amide bonds. The Labute approximate surface area is 177 Å². The third-order valence-electron chi connectivity index (χ3n) is 4.73. The van der Waals surface area contributed by atoms with E-state index < -0.39 is 22.3 Å². The Morgan fingerprint density at radius 1 is 1.03 bits per heavy atom. The lowest BCUT2D eigenvalue weighted by atomic mass is 10.1. The number of phenolic OH excluding ortho intramolecular Hbond substituents is 1. The molecule has 8 nitrogen and oxygen atoms in total. The second-order valence-corrected chi connectivity index (χ2v) is 6.79. The molecule has 0 aliphatic carbocycles. The number of hydrogen-bond acceptors (Lipinski definition) is 5. The van der Waals surface area contributed by atoms with E-state index in [1.807, 2.05) is 66.9 Å². The Bertz CT molecular complexity index is 1240. The van der Waals surface area contributed by atoms with Gasteiger partial charge < -0.3 is 10.4 Å². The Hall–Kier alpha value is -4.46. The van der Waals surface area contributed by atoms with Gasteiger partial charge in [-0.25, -0.2) is 4.68 Å². The van der Waals surface area contributed by atoms with Gasteiger partial charge in [0.1, 0.15) is 0 Å². The molecule has 2 N–H and O–H groups in total. The molecule has 8 heteroatoms. The van der Waals surface area contributed by atoms with E-state index in [9.17, 15) is 20.0 Å². The molecule has 0 fully saturated rings. The maximum Gasteiger partial charge on any atom is 0.310 e. The van der Waals surface area contributed by atoms with E-state index in [1.165, 1.54) is 6.07 Å². The second-order valence-electron chi connectivity index (χ2n) is 6.79. The zero-order chi connectivity index (χ0) is 21.8. The fraction of sp³-hybridized carbons (Fsp3) is 0.0435. The van der Waals surface area contributed by atoms with E-state index in [0.29, 0.717) is 0 Å². The zero-order valence-electron chi connectivity index (χ0n) is 16.3. The number of nitrogens with zero attached hydrogens (tertiary/aromatic N) is 3. The third kappa shape index (κ3) is 4.27. The first kappa shape index (κ1) is 19.8. The largest absolute Gasteiger partial charge is 0.502 e. The Morgan fingerprint density at radius 3 is 2.35 bits per heavy atom. The number of aromatic nitrogens is 2. The lowest BCUT2D eigenvalue weighted by Crippen LogP contribution is -2.22. The smallest absolute Gasteiger partial charge is 0.310 e. The molecule has 4 aromatic rings. The van der Waals surface area contributed by atoms with E-state index >= 15 is 0 Å². The van der Waals surface area contributed by atoms with Crippen molar-refractivity contribution in [3.8, 4) is 22.7 Å². The standard InChI is InChI=1S/C23H18N4O4/c28-21-13-17(11-12-20(21)27(30)31)23(29)24-14-18-15-26(19-9-5-2-6-10-19)25-22(18)16-7-3-1-4-8-16/h1-13,15,28H,14H2,(H,24,29). The van der Waals surface area contributed by atoms with Gasteiger partial charge in [0, 0.05) is 35.5 Å². The van der Waals surface area contributed by atoms with Gasteiger partial charge in [0.15, 0.2) is 5.75 Å². The van der Waals surface area contributed by atoms with Crippen LogP contribution in [0.25, 0.3) is 16.9 Å². The molecule has 1 heterocycles. The van der Waals surface area contributed by atoms with Gasteiger partial charge in [0.05, 0.1) is 16.3 Å². The van der Waals surface area contributed by atoms with E-state index in [2.05, 4.69) is 5.32 Å². The van der Waals surface area contributed by atoms with Gasteiger partial charge in [0.25, 0.3) is 5.91 Å². The van der Waals surface area contributed by atoms with Crippen LogP contribution in [0.3, 0.4) is 0 Å². The number of hydrogen-bond donors (Lipinski definition) is 2. The summed E-state index contributed by atoms with van der Waals surface area (Å²) in [6.45, 7) is 0.188. The van der Waals surface area contributed by atoms with Gasteiger partial charge in [-0.15, -0.1) is 0 Å². The van der Waals surface area contributed by atoms with Crippen molar-refractivity contribution in [1.82, 2.24) is 15.1 Å². The molecule has 0 aliphatic heterocycles. The highest BCUT2D eigenvalue weighted by atomic mass is 16.6. The molecule has 0 saturated heterocycles. The molecule has 0 aliphatic rings. The minimum absolute atomic E-state index is 0.125. The predicted molar refractivity (Wildman–Crippen MR) is 115 cm³/mol. The van der Waals surface area contributed by atoms with Crippen molar-refractivity contribution in [1.29, 1.82) is 0 Å². The Kier molecular flexibility index (Phi) is 5.44. The van der Waals surface area contributed by atoms with Crippen LogP contribution in [0, 0.1) is 10.1 Å². The molecular weight excluding hydrogens is 396 g/mol. The summed E-state index contributed by atoms with van der Waals surface area (Å²) >= 11 is 0. The maximum absolute atomic E-state index is 12.6. The van der Waals surface area contributed by atoms with Gasteiger partial charge in [-0.3, -0.25) is 14.9 Å². The summed E-state index contributed by atoms with van der Waals surface area (Å²) in [5.41, 5.74) is 3.00. The molecule has 0 radical (unpaired) electrons. The average molecular weight is 414 g/mol. The van der Waals surface area contributed by atoms with Crippen LogP contribution in [0.5, 0.6) is 5.75 Å². The van der Waals surface area contributed by atoms with Gasteiger partial charge in [-0.05, 0) is 24.3 Å². The summed E-state index contributed by atoms with van der Waals surface area (Å²) in [6.07, 6.45) is 1.85. The van der Waals surface area contributed by atoms with E-state index in [-0.39, 0.29) is 12.1 Å². The first-order valence-corrected chi connectivity index (χ1v) is 9.48. The van der Waals surface area contributed by atoms with Crippen LogP contribution < -0.4 is 5.32 Å². The molecule has 0 spiro atoms. The van der Waals surface area contributed by atoms with Crippen molar-refractivity contribution >= 4 is 11.6 Å². The van der Waals surface area contributed by atoms with Crippen molar-refractivity contribution in [3.05, 3.63) is 106 Å². The van der Waals surface area contributed by atoms with Crippen LogP contribution in [-0.4, -0.2) is 25.7 Å². The summed E-state index contributed by atoms with van der Waals surface area (Å²) in [5, 5.41) is 28.1. The molecule has 4 rings (SSSR count). The van der Waals surface area contributed by atoms with Gasteiger partial charge in [-0.1, -0.05) is 48.5 Å². The fourth-order valence-corrected chi connectivity index (χ4v) is 3.19. The molecule has 0 bridgehead atoms. The Balaban J connectivity index is 1.60. The zero-order valence-corrected chi connectivity index (χ0v) is 16.3. The summed E-state index contributed by atoms with van der Waals surface area (Å²) in [5.74, 6) is -1.02. The number of carbonyl (C=O) groups is 1. The lowest BCUT2D eigenvalue weighted by molar-refractivity contribution is -0.385. The normalized spacial score (nSPS) is 10.6. The first-order valence-electron chi connectivity index (χ1n) is 9.48. The maximum atomic E-state index is 12.6. The number of aromatic hydroxyl groups is 1. The molecule has 0 atom stereocenters. The second kappa shape index (κ2) is 8.50. The van der Waals surface area contributed by atoms with Crippen molar-refractivity contribution in [3.63, 3.8) is 0 Å². The number of nitro groups is 1. The van der Waals surface area contributed by atoms with Crippen LogP contribution in [0.1, 0.15) is 15.9 Å². The highest BCUT2D eigenvalue weighted by Crippen LogP contribution is 2.27. The lowest BCUT2D eigenvalue weighted by Gasteiger charge is -2.06. The average Bonchev–Trinajstić information content (AvgIpc) is 3.22. The van der Waals surface area contributed by atoms with E-state index in [4.69, 9.17) is 5.10 Å². The molecular formula is C23H18N4O4. The van der Waals surface area contributed by atoms with Crippen LogP contribution in [-0.2, 0) is 6.54 Å². The van der Waals surface area contributed by atoms with Gasteiger partial charge >= 0.3 is 5.69 Å². The number of nitrogens with one attached hydrogen (secondary N) is 1. The van der Waals surface area contributed by atoms with Crippen LogP contribution in [0.2, 0.25) is 0 Å². The van der Waals surface area contributed by atoms with Crippen LogP contribution >= 0.6 is 0 Å². The highest BCUT2D eigenvalue weighted by molar-refractivity contribution is 5.95. The molecule has 0 saturated carbocycles. The molecule has 1 aromatic heterocycles. The van der Waals surface area contributed by atoms with Gasteiger partial charge in [0.2, 0.25) is 0 Å². The predicted octanol–water partition coefficient (Wildman–Crippen LogP) is 4.08. The quantitative estimate of drug-likeness (QED) is 0.365. The minimum Gasteiger partial charge on any atom is -0.502 e. The highest BCUT2D eigenvalue weighted by Gasteiger charge is 2.17. The van der Waals surface area contributed by atoms with Gasteiger partial charge in [-0.2, -0.15) is 5.10 Å². The molecule has 31 heavy (non-hydrogen) atoms. The SMILES string of the molecule is O=C(NCc1cn(-c2ccccc2)nc1-c1ccccc1)c1ccc([N+](=O)[O-])c(O)c1. The summed E-state index contributed by atoms with van der Waals surface area (Å²) < 4.78 is 1.75. The summed E-state index contributed by atoms with van der Waals surface area (Å²) in [4.78, 5) is 22.7. The van der Waals surface area contributed by atoms with Crippen molar-refractivity contribution < 1.29 is 14.8 Å². The van der Waals surface area contributed by atoms with Crippen molar-refractivity contribution in [2.24, 2.45) is 0 Å². The number of benzene rings is 3. The molecule has 3 aromatic carbocycles. The van der Waals surface area contributed by atoms with Crippen molar-refractivity contribution in [2.75, 3.05) is 0 Å². The molecule has 154 valence electrons. The summed E-state index contributed by atoms with van der Waals surface area (Å²) in [6, 6.07) is 22.8. The number of carbonyl (C=O) groups excluding carboxylic acids is 1. The first-order chi connectivity index (χ1) is 15.0. The Morgan fingerprint density at radius 2 is 1.71 bits per heavy atom. The van der Waals surface area contributed by atoms with Crippen LogP contribution in [0.4, 0.5) is 5.69 Å². The summed E-state index contributed by atoms with van der Waals surface area (Å²) in [7, 11) is 0. The number of rotatable bonds is 6. The van der Waals surface area contributed by atoms with E-state index in [1.54, 1.807) is 4.68 Å².